The Kier molecular flexibility index (Phi) is 6.24. The fourth-order valence-corrected chi connectivity index (χ4v) is 4.39. The van der Waals surface area contributed by atoms with Gasteiger partial charge in [0.1, 0.15) is 0 Å². The number of methoxy groups -OCH3 is 1. The molecule has 0 atom stereocenters. The Morgan fingerprint density at radius 1 is 1.16 bits per heavy atom. The van der Waals surface area contributed by atoms with Gasteiger partial charge in [-0.15, -0.1) is 0 Å². The van der Waals surface area contributed by atoms with Gasteiger partial charge in [-0.3, -0.25) is 4.79 Å². The number of benzene rings is 1. The van der Waals surface area contributed by atoms with Crippen LogP contribution < -0.4 is 4.90 Å². The number of ether oxygens (including phenoxy) is 1. The first kappa shape index (κ1) is 19.9. The summed E-state index contributed by atoms with van der Waals surface area (Å²) in [4.78, 5) is 12.8. The van der Waals surface area contributed by atoms with Gasteiger partial charge >= 0.3 is 5.97 Å². The second kappa shape index (κ2) is 7.85. The summed E-state index contributed by atoms with van der Waals surface area (Å²) in [7, 11) is -2.07. The minimum Gasteiger partial charge on any atom is -0.469 e. The second-order valence-electron chi connectivity index (χ2n) is 7.50. The van der Waals surface area contributed by atoms with Gasteiger partial charge in [0, 0.05) is 0 Å². The Morgan fingerprint density at radius 3 is 2.20 bits per heavy atom. The van der Waals surface area contributed by atoms with E-state index in [1.807, 2.05) is 12.1 Å². The Balaban J connectivity index is 1.98. The van der Waals surface area contributed by atoms with Crippen molar-refractivity contribution in [1.29, 1.82) is 0 Å². The van der Waals surface area contributed by atoms with Crippen molar-refractivity contribution in [1.82, 2.24) is 4.31 Å². The fourth-order valence-electron chi connectivity index (χ4n) is 2.95. The molecule has 6 nitrogen and oxygen atoms in total. The summed E-state index contributed by atoms with van der Waals surface area (Å²) in [6, 6.07) is 7.19. The molecule has 25 heavy (non-hydrogen) atoms. The molecule has 0 aromatic heterocycles. The lowest BCUT2D eigenvalue weighted by Crippen LogP contribution is -3.14. The lowest BCUT2D eigenvalue weighted by atomic mass is 9.87. The van der Waals surface area contributed by atoms with Gasteiger partial charge in [0.05, 0.1) is 51.1 Å². The van der Waals surface area contributed by atoms with Crippen LogP contribution in [0.25, 0.3) is 0 Å². The number of quaternary nitrogens is 1. The highest BCUT2D eigenvalue weighted by atomic mass is 32.2. The Bertz CT molecular complexity index is 685. The van der Waals surface area contributed by atoms with Crippen LogP contribution in [-0.2, 0) is 25.0 Å². The van der Waals surface area contributed by atoms with Crippen molar-refractivity contribution >= 4 is 16.0 Å². The van der Waals surface area contributed by atoms with Gasteiger partial charge in [0.15, 0.2) is 0 Å². The van der Waals surface area contributed by atoms with E-state index >= 15 is 0 Å². The second-order valence-corrected chi connectivity index (χ2v) is 9.44. The molecule has 7 heteroatoms. The highest BCUT2D eigenvalue weighted by molar-refractivity contribution is 7.89. The molecule has 0 unspecified atom stereocenters. The molecule has 1 N–H and O–H groups in total. The van der Waals surface area contributed by atoms with Crippen LogP contribution in [0.2, 0.25) is 0 Å². The topological polar surface area (TPSA) is 68.1 Å². The minimum atomic E-state index is -3.46. The molecule has 1 aliphatic rings. The predicted octanol–water partition coefficient (Wildman–Crippen LogP) is 0.436. The molecule has 1 aromatic carbocycles. The Hall–Kier alpha value is -1.44. The van der Waals surface area contributed by atoms with Gasteiger partial charge in [-0.1, -0.05) is 32.9 Å². The van der Waals surface area contributed by atoms with Crippen LogP contribution in [0.1, 0.15) is 32.8 Å². The van der Waals surface area contributed by atoms with Crippen molar-refractivity contribution in [2.45, 2.75) is 37.5 Å². The van der Waals surface area contributed by atoms with Crippen LogP contribution >= 0.6 is 0 Å². The third-order valence-corrected chi connectivity index (χ3v) is 6.61. The van der Waals surface area contributed by atoms with Crippen molar-refractivity contribution in [2.75, 3.05) is 39.8 Å². The van der Waals surface area contributed by atoms with Crippen molar-refractivity contribution in [3.8, 4) is 0 Å². The van der Waals surface area contributed by atoms with Crippen LogP contribution in [0.15, 0.2) is 29.2 Å². The lowest BCUT2D eigenvalue weighted by Gasteiger charge is -2.31. The molecular formula is C18H29N2O4S+. The molecule has 140 valence electrons. The van der Waals surface area contributed by atoms with Gasteiger partial charge < -0.3 is 9.64 Å². The van der Waals surface area contributed by atoms with E-state index in [9.17, 15) is 13.2 Å². The van der Waals surface area contributed by atoms with E-state index in [2.05, 4.69) is 25.5 Å². The van der Waals surface area contributed by atoms with Gasteiger partial charge in [-0.05, 0) is 23.1 Å². The number of rotatable bonds is 5. The van der Waals surface area contributed by atoms with Crippen LogP contribution in [0.5, 0.6) is 0 Å². The van der Waals surface area contributed by atoms with E-state index in [0.717, 1.165) is 5.56 Å². The SMILES string of the molecule is COC(=O)CC[NH+]1CCN(S(=O)(=O)c2ccc(C(C)(C)C)cc2)CC1. The highest BCUT2D eigenvalue weighted by Crippen LogP contribution is 2.24. The predicted molar refractivity (Wildman–Crippen MR) is 96.1 cm³/mol. The van der Waals surface area contributed by atoms with Gasteiger partial charge in [-0.25, -0.2) is 8.42 Å². The Labute approximate surface area is 150 Å². The average Bonchev–Trinajstić information content (AvgIpc) is 2.59. The quantitative estimate of drug-likeness (QED) is 0.765. The first-order valence-electron chi connectivity index (χ1n) is 8.65. The summed E-state index contributed by atoms with van der Waals surface area (Å²) in [5.41, 5.74) is 1.11. The maximum Gasteiger partial charge on any atom is 0.311 e. The third kappa shape index (κ3) is 5.03. The van der Waals surface area contributed by atoms with E-state index in [4.69, 9.17) is 0 Å². The van der Waals surface area contributed by atoms with Gasteiger partial charge in [0.2, 0.25) is 10.0 Å². The molecule has 0 saturated carbocycles. The summed E-state index contributed by atoms with van der Waals surface area (Å²) in [6.45, 7) is 9.35. The molecule has 0 radical (unpaired) electrons. The average molecular weight is 370 g/mol. The number of carbonyl (C=O) groups excluding carboxylic acids is 1. The minimum absolute atomic E-state index is 0.00306. The first-order chi connectivity index (χ1) is 11.6. The molecule has 0 aliphatic carbocycles. The number of esters is 1. The normalized spacial score (nSPS) is 17.4. The highest BCUT2D eigenvalue weighted by Gasteiger charge is 2.30. The van der Waals surface area contributed by atoms with Crippen LogP contribution in [0, 0.1) is 0 Å². The lowest BCUT2D eigenvalue weighted by molar-refractivity contribution is -0.903. The zero-order valence-electron chi connectivity index (χ0n) is 15.5. The summed E-state index contributed by atoms with van der Waals surface area (Å²) in [5, 5.41) is 0. The summed E-state index contributed by atoms with van der Waals surface area (Å²) < 4.78 is 31.8. The number of hydrogen-bond acceptors (Lipinski definition) is 4. The third-order valence-electron chi connectivity index (χ3n) is 4.70. The molecule has 2 rings (SSSR count). The molecule has 0 bridgehead atoms. The monoisotopic (exact) mass is 369 g/mol. The number of nitrogens with zero attached hydrogens (tertiary/aromatic N) is 1. The first-order valence-corrected chi connectivity index (χ1v) is 10.1. The van der Waals surface area contributed by atoms with Crippen molar-refractivity contribution in [3.63, 3.8) is 0 Å². The van der Waals surface area contributed by atoms with Crippen molar-refractivity contribution in [2.24, 2.45) is 0 Å². The number of nitrogens with one attached hydrogen (secondary N) is 1. The summed E-state index contributed by atoms with van der Waals surface area (Å²) >= 11 is 0. The molecule has 1 aliphatic heterocycles. The smallest absolute Gasteiger partial charge is 0.311 e. The van der Waals surface area contributed by atoms with E-state index in [0.29, 0.717) is 44.0 Å². The standard InChI is InChI=1S/C18H28N2O4S/c1-18(2,3)15-5-7-16(8-6-15)25(22,23)20-13-11-19(12-14-20)10-9-17(21)24-4/h5-8H,9-14H2,1-4H3/p+1. The molecule has 0 spiro atoms. The van der Waals surface area contributed by atoms with E-state index < -0.39 is 10.0 Å². The number of piperazine rings is 1. The van der Waals surface area contributed by atoms with Crippen LogP contribution in [0.3, 0.4) is 0 Å². The van der Waals surface area contributed by atoms with Gasteiger partial charge in [-0.2, -0.15) is 4.31 Å². The molecule has 1 fully saturated rings. The molecule has 1 aromatic rings. The Morgan fingerprint density at radius 2 is 1.72 bits per heavy atom. The largest absolute Gasteiger partial charge is 0.469 e. The van der Waals surface area contributed by atoms with Crippen molar-refractivity contribution in [3.05, 3.63) is 29.8 Å². The fraction of sp³-hybridized carbons (Fsp3) is 0.611. The van der Waals surface area contributed by atoms with Crippen molar-refractivity contribution < 1.29 is 22.8 Å². The molecule has 0 amide bonds. The molecule has 1 heterocycles. The number of carbonyl (C=O) groups is 1. The van der Waals surface area contributed by atoms with Gasteiger partial charge in [0.25, 0.3) is 0 Å². The summed E-state index contributed by atoms with van der Waals surface area (Å²) in [6.07, 6.45) is 0.368. The van der Waals surface area contributed by atoms with Crippen LogP contribution in [0.4, 0.5) is 0 Å². The molecular weight excluding hydrogens is 340 g/mol. The van der Waals surface area contributed by atoms with Crippen LogP contribution in [-0.4, -0.2) is 58.5 Å². The van der Waals surface area contributed by atoms with E-state index in [-0.39, 0.29) is 11.4 Å². The maximum absolute atomic E-state index is 12.8. The maximum atomic E-state index is 12.8. The zero-order valence-corrected chi connectivity index (χ0v) is 16.4. The summed E-state index contributed by atoms with van der Waals surface area (Å²) in [5.74, 6) is -0.221. The molecule has 1 saturated heterocycles. The number of sulfonamides is 1. The van der Waals surface area contributed by atoms with E-state index in [1.54, 1.807) is 16.4 Å². The number of hydrogen-bond donors (Lipinski definition) is 1. The zero-order chi connectivity index (χ0) is 18.7. The van der Waals surface area contributed by atoms with E-state index in [1.165, 1.54) is 12.0 Å².